The number of carbonyl (C=O) groups excluding carboxylic acids is 2. The predicted octanol–water partition coefficient (Wildman–Crippen LogP) is 7.82. The van der Waals surface area contributed by atoms with E-state index in [1.807, 2.05) is 71.4 Å². The third kappa shape index (κ3) is 3.77. The number of nitrogens with zero attached hydrogens (tertiary/aromatic N) is 4. The zero-order chi connectivity index (χ0) is 33.9. The van der Waals surface area contributed by atoms with Gasteiger partial charge < -0.3 is 28.4 Å². The highest BCUT2D eigenvalue weighted by Crippen LogP contribution is 2.54. The van der Waals surface area contributed by atoms with E-state index in [0.29, 0.717) is 25.1 Å². The van der Waals surface area contributed by atoms with Crippen LogP contribution in [0.4, 0.5) is 0 Å². The van der Waals surface area contributed by atoms with Gasteiger partial charge in [-0.3, -0.25) is 9.59 Å². The van der Waals surface area contributed by atoms with Crippen LogP contribution < -0.4 is 0 Å². The van der Waals surface area contributed by atoms with Crippen molar-refractivity contribution in [3.05, 3.63) is 131 Å². The van der Waals surface area contributed by atoms with Crippen LogP contribution in [0.3, 0.4) is 0 Å². The lowest BCUT2D eigenvalue weighted by molar-refractivity contribution is -0.264. The summed E-state index contributed by atoms with van der Waals surface area (Å²) in [7, 11) is 3.59. The minimum absolute atomic E-state index is 0.0469. The molecule has 5 aromatic carbocycles. The van der Waals surface area contributed by atoms with Gasteiger partial charge in [0.05, 0.1) is 33.7 Å². The van der Waals surface area contributed by atoms with Crippen molar-refractivity contribution >= 4 is 55.4 Å². The van der Waals surface area contributed by atoms with Crippen LogP contribution in [0.5, 0.6) is 0 Å². The maximum atomic E-state index is 14.7. The Balaban J connectivity index is 1.29. The quantitative estimate of drug-likeness (QED) is 0.189. The Hall–Kier alpha value is -5.44. The van der Waals surface area contributed by atoms with E-state index in [4.69, 9.17) is 9.47 Å². The smallest absolute Gasteiger partial charge is 0.255 e. The lowest BCUT2D eigenvalue weighted by Gasteiger charge is -2.50. The minimum Gasteiger partial charge on any atom is -0.374 e. The molecule has 0 aliphatic carbocycles. The van der Waals surface area contributed by atoms with E-state index < -0.39 is 18.1 Å². The molecule has 0 unspecified atom stereocenters. The molecule has 248 valence electrons. The largest absolute Gasteiger partial charge is 0.374 e. The van der Waals surface area contributed by atoms with Crippen molar-refractivity contribution in [2.45, 2.75) is 50.5 Å². The Morgan fingerprint density at radius 3 is 2.22 bits per heavy atom. The van der Waals surface area contributed by atoms with Crippen molar-refractivity contribution in [2.75, 3.05) is 14.2 Å². The monoisotopic (exact) mass is 660 g/mol. The lowest BCUT2D eigenvalue weighted by Crippen LogP contribution is -2.61. The molecule has 3 aliphatic rings. The number of methoxy groups -OCH3 is 1. The van der Waals surface area contributed by atoms with E-state index in [9.17, 15) is 9.59 Å². The number of carbonyl (C=O) groups is 2. The van der Waals surface area contributed by atoms with Gasteiger partial charge in [-0.15, -0.1) is 0 Å². The van der Waals surface area contributed by atoms with Gasteiger partial charge in [-0.25, -0.2) is 0 Å². The fraction of sp³-hybridized carbons (Fsp3) is 0.238. The van der Waals surface area contributed by atoms with Gasteiger partial charge in [-0.1, -0.05) is 84.9 Å². The van der Waals surface area contributed by atoms with E-state index in [1.165, 1.54) is 0 Å². The van der Waals surface area contributed by atoms with Gasteiger partial charge in [0.2, 0.25) is 0 Å². The Kier molecular flexibility index (Phi) is 6.21. The van der Waals surface area contributed by atoms with E-state index in [-0.39, 0.29) is 17.9 Å². The number of amides is 2. The fourth-order valence-electron chi connectivity index (χ4n) is 9.39. The molecule has 1 saturated heterocycles. The van der Waals surface area contributed by atoms with E-state index >= 15 is 0 Å². The van der Waals surface area contributed by atoms with Crippen LogP contribution in [-0.2, 0) is 28.3 Å². The van der Waals surface area contributed by atoms with Gasteiger partial charge in [0.15, 0.2) is 5.72 Å². The number of likely N-dealkylation sites (N-methyl/N-ethyl adjacent to an activating group) is 1. The van der Waals surface area contributed by atoms with Crippen molar-refractivity contribution in [1.82, 2.24) is 18.9 Å². The molecule has 8 heteroatoms. The molecule has 0 spiro atoms. The Bertz CT molecular complexity index is 2540. The topological polar surface area (TPSA) is 68.9 Å². The molecule has 1 fully saturated rings. The molecule has 0 radical (unpaired) electrons. The second-order valence-electron chi connectivity index (χ2n) is 14.1. The number of hydrogen-bond acceptors (Lipinski definition) is 4. The molecule has 4 atom stereocenters. The molecule has 5 heterocycles. The van der Waals surface area contributed by atoms with Crippen LogP contribution in [0.15, 0.2) is 109 Å². The molecular weight excluding hydrogens is 624 g/mol. The predicted molar refractivity (Wildman–Crippen MR) is 194 cm³/mol. The molecule has 3 aliphatic heterocycles. The SMILES string of the molecule is CO[C@H]1[C@@H](N(C)C(=O)c2ccccc2)C[C@H]2O[C@@]1(C)n1c3ccccc3c3c4c(c5c6ccccc6n2c5c31)C(=O)N(Cc1ccccc1)C4. The van der Waals surface area contributed by atoms with Gasteiger partial charge >= 0.3 is 0 Å². The van der Waals surface area contributed by atoms with Crippen LogP contribution in [0.25, 0.3) is 43.6 Å². The maximum Gasteiger partial charge on any atom is 0.255 e. The van der Waals surface area contributed by atoms with Crippen LogP contribution in [-0.4, -0.2) is 57.1 Å². The van der Waals surface area contributed by atoms with E-state index in [0.717, 1.165) is 60.3 Å². The highest BCUT2D eigenvalue weighted by atomic mass is 16.6. The van der Waals surface area contributed by atoms with Gasteiger partial charge in [-0.2, -0.15) is 0 Å². The molecular formula is C42H36N4O4. The Labute approximate surface area is 289 Å². The zero-order valence-electron chi connectivity index (χ0n) is 28.2. The third-order valence-corrected chi connectivity index (χ3v) is 11.4. The Morgan fingerprint density at radius 2 is 1.50 bits per heavy atom. The van der Waals surface area contributed by atoms with Gasteiger partial charge in [-0.05, 0) is 42.3 Å². The first kappa shape index (κ1) is 29.5. The molecule has 7 aromatic rings. The normalized spacial score (nSPS) is 22.6. The standard InChI is InChI=1S/C42H36N4O4/c1-42-39(49-3)32(43(2)40(47)26-16-8-5-9-17-26)22-33(50-42)45-30-20-12-10-18-27(30)35-36-29(24-44(41(36)48)23-25-14-6-4-7-15-25)34-28-19-11-13-21-31(28)46(42)38(34)37(35)45/h4-21,32-33,39H,22-24H2,1-3H3/t32-,33+,39-,42+/m0/s1. The molecule has 2 amide bonds. The first-order chi connectivity index (χ1) is 24.4. The summed E-state index contributed by atoms with van der Waals surface area (Å²) in [5.41, 5.74) is 6.59. The summed E-state index contributed by atoms with van der Waals surface area (Å²) in [4.78, 5) is 32.6. The average molecular weight is 661 g/mol. The van der Waals surface area contributed by atoms with Crippen molar-refractivity contribution in [1.29, 1.82) is 0 Å². The average Bonchev–Trinajstić information content (AvgIpc) is 3.77. The number of fused-ring (bicyclic) bond motifs is 13. The number of hydrogen-bond donors (Lipinski definition) is 0. The molecule has 50 heavy (non-hydrogen) atoms. The molecule has 2 aromatic heterocycles. The molecule has 2 bridgehead atoms. The second kappa shape index (κ2) is 10.5. The fourth-order valence-corrected chi connectivity index (χ4v) is 9.39. The third-order valence-electron chi connectivity index (χ3n) is 11.4. The molecule has 0 N–H and O–H groups in total. The molecule has 8 nitrogen and oxygen atoms in total. The zero-order valence-corrected chi connectivity index (χ0v) is 28.2. The number of rotatable bonds is 5. The van der Waals surface area contributed by atoms with Crippen LogP contribution in [0.2, 0.25) is 0 Å². The number of ether oxygens (including phenoxy) is 2. The first-order valence-electron chi connectivity index (χ1n) is 17.3. The number of aromatic nitrogens is 2. The summed E-state index contributed by atoms with van der Waals surface area (Å²) in [5, 5.41) is 4.14. The van der Waals surface area contributed by atoms with Crippen LogP contribution in [0.1, 0.15) is 51.4 Å². The highest BCUT2D eigenvalue weighted by molar-refractivity contribution is 6.31. The number of para-hydroxylation sites is 2. The van der Waals surface area contributed by atoms with Crippen LogP contribution in [0, 0.1) is 0 Å². The highest BCUT2D eigenvalue weighted by Gasteiger charge is 2.55. The Morgan fingerprint density at radius 1 is 0.860 bits per heavy atom. The second-order valence-corrected chi connectivity index (χ2v) is 14.1. The van der Waals surface area contributed by atoms with Crippen LogP contribution >= 0.6 is 0 Å². The molecule has 10 rings (SSSR count). The number of benzene rings is 5. The van der Waals surface area contributed by atoms with Gasteiger partial charge in [0, 0.05) is 60.8 Å². The minimum atomic E-state index is -1.01. The summed E-state index contributed by atoms with van der Waals surface area (Å²) in [5.74, 6) is -0.0174. The summed E-state index contributed by atoms with van der Waals surface area (Å²) in [6.07, 6.45) is -0.445. The van der Waals surface area contributed by atoms with Crippen molar-refractivity contribution in [3.63, 3.8) is 0 Å². The van der Waals surface area contributed by atoms with Gasteiger partial charge in [0.25, 0.3) is 11.8 Å². The summed E-state index contributed by atoms with van der Waals surface area (Å²) in [6.45, 7) is 3.15. The maximum absolute atomic E-state index is 14.7. The van der Waals surface area contributed by atoms with Crippen molar-refractivity contribution in [3.8, 4) is 0 Å². The van der Waals surface area contributed by atoms with Crippen molar-refractivity contribution in [2.24, 2.45) is 0 Å². The summed E-state index contributed by atoms with van der Waals surface area (Å²) < 4.78 is 18.4. The van der Waals surface area contributed by atoms with E-state index in [1.54, 1.807) is 7.11 Å². The van der Waals surface area contributed by atoms with Gasteiger partial charge in [0.1, 0.15) is 12.3 Å². The molecule has 0 saturated carbocycles. The first-order valence-corrected chi connectivity index (χ1v) is 17.3. The van der Waals surface area contributed by atoms with Crippen molar-refractivity contribution < 1.29 is 19.1 Å². The lowest BCUT2D eigenvalue weighted by atomic mass is 9.91. The summed E-state index contributed by atoms with van der Waals surface area (Å²) in [6, 6.07) is 36.1. The van der Waals surface area contributed by atoms with E-state index in [2.05, 4.69) is 70.7 Å². The summed E-state index contributed by atoms with van der Waals surface area (Å²) >= 11 is 0.